The third-order valence-corrected chi connectivity index (χ3v) is 3.21. The zero-order valence-corrected chi connectivity index (χ0v) is 9.65. The molecular weight excluding hydrogens is 234 g/mol. The summed E-state index contributed by atoms with van der Waals surface area (Å²) >= 11 is 1.56. The minimum atomic E-state index is 0.450. The molecule has 0 saturated carbocycles. The number of nitrogen functional groups attached to an aromatic ring is 1. The number of para-hydroxylation sites is 1. The lowest BCUT2D eigenvalue weighted by atomic mass is 10.2. The summed E-state index contributed by atoms with van der Waals surface area (Å²) in [7, 11) is 0. The molecule has 3 rings (SSSR count). The molecular formula is C12H9N3OS. The summed E-state index contributed by atoms with van der Waals surface area (Å²) in [5.74, 6) is 0.977. The van der Waals surface area contributed by atoms with Gasteiger partial charge in [-0.2, -0.15) is 0 Å². The molecule has 0 aliphatic carbocycles. The highest BCUT2D eigenvalue weighted by molar-refractivity contribution is 7.13. The predicted molar refractivity (Wildman–Crippen MR) is 67.5 cm³/mol. The van der Waals surface area contributed by atoms with E-state index in [2.05, 4.69) is 10.2 Å². The number of thiophene rings is 1. The fourth-order valence-corrected chi connectivity index (χ4v) is 2.17. The quantitative estimate of drug-likeness (QED) is 0.702. The van der Waals surface area contributed by atoms with Gasteiger partial charge in [-0.15, -0.1) is 21.5 Å². The zero-order valence-electron chi connectivity index (χ0n) is 8.83. The van der Waals surface area contributed by atoms with Crippen LogP contribution in [0.5, 0.6) is 0 Å². The zero-order chi connectivity index (χ0) is 11.7. The average Bonchev–Trinajstić information content (AvgIpc) is 3.00. The Bertz CT molecular complexity index is 631. The normalized spacial score (nSPS) is 10.6. The van der Waals surface area contributed by atoms with Gasteiger partial charge in [-0.25, -0.2) is 0 Å². The molecule has 4 nitrogen and oxygen atoms in total. The largest absolute Gasteiger partial charge is 0.415 e. The summed E-state index contributed by atoms with van der Waals surface area (Å²) < 4.78 is 5.60. The molecule has 2 aromatic heterocycles. The highest BCUT2D eigenvalue weighted by Crippen LogP contribution is 2.29. The number of nitrogens with two attached hydrogens (primary N) is 1. The number of benzene rings is 1. The Morgan fingerprint density at radius 1 is 1.00 bits per heavy atom. The van der Waals surface area contributed by atoms with Gasteiger partial charge in [-0.1, -0.05) is 18.2 Å². The molecule has 2 heterocycles. The van der Waals surface area contributed by atoms with E-state index in [-0.39, 0.29) is 0 Å². The number of anilines is 1. The van der Waals surface area contributed by atoms with E-state index in [0.717, 1.165) is 10.4 Å². The molecule has 0 amide bonds. The lowest BCUT2D eigenvalue weighted by Crippen LogP contribution is -1.88. The van der Waals surface area contributed by atoms with E-state index in [1.807, 2.05) is 41.8 Å². The Labute approximate surface area is 102 Å². The molecule has 0 spiro atoms. The van der Waals surface area contributed by atoms with Crippen molar-refractivity contribution in [2.45, 2.75) is 0 Å². The van der Waals surface area contributed by atoms with Crippen LogP contribution in [-0.4, -0.2) is 10.2 Å². The second kappa shape index (κ2) is 4.03. The van der Waals surface area contributed by atoms with E-state index in [1.165, 1.54) is 0 Å². The minimum absolute atomic E-state index is 0.450. The molecule has 0 saturated heterocycles. The molecule has 0 radical (unpaired) electrons. The summed E-state index contributed by atoms with van der Waals surface area (Å²) in [6.45, 7) is 0. The minimum Gasteiger partial charge on any atom is -0.415 e. The van der Waals surface area contributed by atoms with Crippen LogP contribution in [0.25, 0.3) is 22.2 Å². The highest BCUT2D eigenvalue weighted by atomic mass is 32.1. The van der Waals surface area contributed by atoms with Crippen LogP contribution in [0.3, 0.4) is 0 Å². The third-order valence-electron chi connectivity index (χ3n) is 2.35. The predicted octanol–water partition coefficient (Wildman–Crippen LogP) is 3.05. The maximum absolute atomic E-state index is 5.86. The van der Waals surface area contributed by atoms with Crippen LogP contribution >= 0.6 is 11.3 Å². The molecule has 0 aliphatic heterocycles. The van der Waals surface area contributed by atoms with E-state index in [0.29, 0.717) is 17.5 Å². The lowest BCUT2D eigenvalue weighted by molar-refractivity contribution is 0.586. The van der Waals surface area contributed by atoms with Gasteiger partial charge in [0.1, 0.15) is 0 Å². The summed E-state index contributed by atoms with van der Waals surface area (Å²) in [6.07, 6.45) is 0. The van der Waals surface area contributed by atoms with Crippen molar-refractivity contribution >= 4 is 17.0 Å². The topological polar surface area (TPSA) is 64.9 Å². The smallest absolute Gasteiger partial charge is 0.258 e. The molecule has 0 unspecified atom stereocenters. The molecule has 17 heavy (non-hydrogen) atoms. The Balaban J connectivity index is 2.04. The second-order valence-electron chi connectivity index (χ2n) is 3.48. The van der Waals surface area contributed by atoms with Crippen molar-refractivity contribution in [3.05, 3.63) is 41.8 Å². The van der Waals surface area contributed by atoms with Crippen LogP contribution in [-0.2, 0) is 0 Å². The van der Waals surface area contributed by atoms with Gasteiger partial charge in [0.05, 0.1) is 10.4 Å². The van der Waals surface area contributed by atoms with Crippen molar-refractivity contribution in [1.82, 2.24) is 10.2 Å². The molecule has 1 aromatic carbocycles. The molecule has 0 atom stereocenters. The van der Waals surface area contributed by atoms with Crippen molar-refractivity contribution in [1.29, 1.82) is 0 Å². The molecule has 5 heteroatoms. The molecule has 0 aliphatic rings. The first-order chi connectivity index (χ1) is 8.34. The summed E-state index contributed by atoms with van der Waals surface area (Å²) in [5.41, 5.74) is 7.26. The van der Waals surface area contributed by atoms with Gasteiger partial charge < -0.3 is 10.2 Å². The van der Waals surface area contributed by atoms with Gasteiger partial charge >= 0.3 is 0 Å². The Kier molecular flexibility index (Phi) is 2.38. The van der Waals surface area contributed by atoms with Gasteiger partial charge in [0, 0.05) is 5.69 Å². The number of hydrogen-bond acceptors (Lipinski definition) is 5. The van der Waals surface area contributed by atoms with Crippen LogP contribution < -0.4 is 5.73 Å². The van der Waals surface area contributed by atoms with Crippen LogP contribution in [0.1, 0.15) is 0 Å². The summed E-state index contributed by atoms with van der Waals surface area (Å²) in [5, 5.41) is 10.00. The van der Waals surface area contributed by atoms with Crippen molar-refractivity contribution in [2.24, 2.45) is 0 Å². The van der Waals surface area contributed by atoms with Crippen molar-refractivity contribution < 1.29 is 4.42 Å². The average molecular weight is 243 g/mol. The van der Waals surface area contributed by atoms with E-state index in [1.54, 1.807) is 11.3 Å². The maximum Gasteiger partial charge on any atom is 0.258 e. The molecule has 2 N–H and O–H groups in total. The number of rotatable bonds is 2. The van der Waals surface area contributed by atoms with E-state index >= 15 is 0 Å². The summed E-state index contributed by atoms with van der Waals surface area (Å²) in [4.78, 5) is 0.957. The second-order valence-corrected chi connectivity index (χ2v) is 4.42. The van der Waals surface area contributed by atoms with Crippen LogP contribution in [0, 0.1) is 0 Å². The SMILES string of the molecule is Nc1ccccc1-c1nnc(-c2cccs2)o1. The fourth-order valence-electron chi connectivity index (χ4n) is 1.52. The molecule has 3 aromatic rings. The maximum atomic E-state index is 5.86. The van der Waals surface area contributed by atoms with Gasteiger partial charge in [-0.3, -0.25) is 0 Å². The first kappa shape index (κ1) is 10.0. The first-order valence-electron chi connectivity index (χ1n) is 5.07. The summed E-state index contributed by atoms with van der Waals surface area (Å²) in [6, 6.07) is 11.3. The molecule has 0 bridgehead atoms. The van der Waals surface area contributed by atoms with Gasteiger partial charge in [0.2, 0.25) is 5.89 Å². The van der Waals surface area contributed by atoms with Crippen LogP contribution in [0.2, 0.25) is 0 Å². The van der Waals surface area contributed by atoms with E-state index in [9.17, 15) is 0 Å². The van der Waals surface area contributed by atoms with E-state index < -0.39 is 0 Å². The molecule has 0 fully saturated rings. The van der Waals surface area contributed by atoms with Crippen LogP contribution in [0.4, 0.5) is 5.69 Å². The van der Waals surface area contributed by atoms with E-state index in [4.69, 9.17) is 10.2 Å². The Morgan fingerprint density at radius 2 is 1.82 bits per heavy atom. The standard InChI is InChI=1S/C12H9N3OS/c13-9-5-2-1-4-8(9)11-14-15-12(16-11)10-6-3-7-17-10/h1-7H,13H2. The highest BCUT2D eigenvalue weighted by Gasteiger charge is 2.12. The Morgan fingerprint density at radius 3 is 2.59 bits per heavy atom. The lowest BCUT2D eigenvalue weighted by Gasteiger charge is -1.98. The number of hydrogen-bond donors (Lipinski definition) is 1. The van der Waals surface area contributed by atoms with Gasteiger partial charge in [0.15, 0.2) is 0 Å². The number of nitrogens with zero attached hydrogens (tertiary/aromatic N) is 2. The van der Waals surface area contributed by atoms with Gasteiger partial charge in [-0.05, 0) is 23.6 Å². The van der Waals surface area contributed by atoms with Crippen molar-refractivity contribution in [3.63, 3.8) is 0 Å². The van der Waals surface area contributed by atoms with Crippen LogP contribution in [0.15, 0.2) is 46.2 Å². The van der Waals surface area contributed by atoms with Gasteiger partial charge in [0.25, 0.3) is 5.89 Å². The van der Waals surface area contributed by atoms with Crippen molar-refractivity contribution in [3.8, 4) is 22.2 Å². The molecule has 84 valence electrons. The first-order valence-corrected chi connectivity index (χ1v) is 5.95. The monoisotopic (exact) mass is 243 g/mol. The fraction of sp³-hybridized carbons (Fsp3) is 0. The third kappa shape index (κ3) is 1.81. The Hall–Kier alpha value is -2.14. The van der Waals surface area contributed by atoms with Crippen molar-refractivity contribution in [2.75, 3.05) is 5.73 Å². The number of aromatic nitrogens is 2.